The van der Waals surface area contributed by atoms with Crippen molar-refractivity contribution < 1.29 is 0 Å². The zero-order chi connectivity index (χ0) is 12.1. The van der Waals surface area contributed by atoms with E-state index in [9.17, 15) is 0 Å². The van der Waals surface area contributed by atoms with E-state index in [1.165, 1.54) is 31.4 Å². The van der Waals surface area contributed by atoms with Crippen LogP contribution in [0, 0.1) is 17.2 Å². The van der Waals surface area contributed by atoms with Crippen molar-refractivity contribution in [2.24, 2.45) is 5.92 Å². The van der Waals surface area contributed by atoms with E-state index in [1.54, 1.807) is 0 Å². The molecule has 1 aromatic rings. The number of nitriles is 1. The minimum Gasteiger partial charge on any atom is -0.299 e. The van der Waals surface area contributed by atoms with Crippen molar-refractivity contribution in [2.75, 3.05) is 13.1 Å². The Bertz CT molecular complexity index is 384. The Morgan fingerprint density at radius 1 is 1.29 bits per heavy atom. The maximum absolute atomic E-state index is 8.75. The summed E-state index contributed by atoms with van der Waals surface area (Å²) in [6, 6.07) is 10.1. The van der Waals surface area contributed by atoms with Crippen LogP contribution in [0.25, 0.3) is 0 Å². The maximum Gasteiger partial charge on any atom is 0.0991 e. The maximum atomic E-state index is 8.75. The average molecular weight is 228 g/mol. The molecule has 90 valence electrons. The summed E-state index contributed by atoms with van der Waals surface area (Å²) in [7, 11) is 0. The summed E-state index contributed by atoms with van der Waals surface area (Å²) in [5, 5.41) is 8.75. The van der Waals surface area contributed by atoms with Gasteiger partial charge in [-0.15, -0.1) is 0 Å². The molecule has 1 aliphatic rings. The molecule has 17 heavy (non-hydrogen) atoms. The highest BCUT2D eigenvalue weighted by Gasteiger charge is 2.19. The molecule has 0 aromatic heterocycles. The van der Waals surface area contributed by atoms with Gasteiger partial charge in [0.05, 0.1) is 11.6 Å². The molecule has 2 nitrogen and oxygen atoms in total. The average Bonchev–Trinajstić information content (AvgIpc) is 2.33. The zero-order valence-corrected chi connectivity index (χ0v) is 10.5. The van der Waals surface area contributed by atoms with Crippen molar-refractivity contribution in [3.05, 3.63) is 35.4 Å². The first-order valence-corrected chi connectivity index (χ1v) is 6.53. The van der Waals surface area contributed by atoms with Gasteiger partial charge in [0.15, 0.2) is 0 Å². The standard InChI is InChI=1S/C15H20N2/c1-2-17(11-14-4-3-5-14)12-15-8-6-13(10-16)7-9-15/h6-9,14H,2-5,11-12H2,1H3. The van der Waals surface area contributed by atoms with Gasteiger partial charge in [-0.2, -0.15) is 5.26 Å². The summed E-state index contributed by atoms with van der Waals surface area (Å²) < 4.78 is 0. The third kappa shape index (κ3) is 3.31. The largest absolute Gasteiger partial charge is 0.299 e. The van der Waals surface area contributed by atoms with E-state index >= 15 is 0 Å². The minimum atomic E-state index is 0.746. The Hall–Kier alpha value is -1.33. The second-order valence-electron chi connectivity index (χ2n) is 4.93. The zero-order valence-electron chi connectivity index (χ0n) is 10.5. The lowest BCUT2D eigenvalue weighted by atomic mass is 9.85. The van der Waals surface area contributed by atoms with Crippen LogP contribution in [0.1, 0.15) is 37.3 Å². The first-order valence-electron chi connectivity index (χ1n) is 6.53. The van der Waals surface area contributed by atoms with Gasteiger partial charge >= 0.3 is 0 Å². The first-order chi connectivity index (χ1) is 8.31. The lowest BCUT2D eigenvalue weighted by molar-refractivity contribution is 0.178. The fourth-order valence-electron chi connectivity index (χ4n) is 2.29. The Kier molecular flexibility index (Phi) is 4.17. The molecule has 0 atom stereocenters. The Labute approximate surface area is 104 Å². The highest BCUT2D eigenvalue weighted by molar-refractivity contribution is 5.31. The van der Waals surface area contributed by atoms with Gasteiger partial charge < -0.3 is 0 Å². The van der Waals surface area contributed by atoms with Crippen LogP contribution in [0.5, 0.6) is 0 Å². The third-order valence-corrected chi connectivity index (χ3v) is 3.68. The Morgan fingerprint density at radius 2 is 2.00 bits per heavy atom. The molecular weight excluding hydrogens is 208 g/mol. The number of hydrogen-bond donors (Lipinski definition) is 0. The molecule has 0 heterocycles. The third-order valence-electron chi connectivity index (χ3n) is 3.68. The van der Waals surface area contributed by atoms with Crippen LogP contribution >= 0.6 is 0 Å². The van der Waals surface area contributed by atoms with E-state index in [0.29, 0.717) is 0 Å². The summed E-state index contributed by atoms with van der Waals surface area (Å²) in [5.74, 6) is 0.924. The highest BCUT2D eigenvalue weighted by Crippen LogP contribution is 2.27. The van der Waals surface area contributed by atoms with Crippen LogP contribution < -0.4 is 0 Å². The van der Waals surface area contributed by atoms with Gasteiger partial charge in [0.25, 0.3) is 0 Å². The fourth-order valence-corrected chi connectivity index (χ4v) is 2.29. The van der Waals surface area contributed by atoms with Gasteiger partial charge in [0, 0.05) is 13.1 Å². The Morgan fingerprint density at radius 3 is 2.47 bits per heavy atom. The predicted octanol–water partition coefficient (Wildman–Crippen LogP) is 3.18. The number of hydrogen-bond acceptors (Lipinski definition) is 2. The normalized spacial score (nSPS) is 15.6. The topological polar surface area (TPSA) is 27.0 Å². The molecule has 0 amide bonds. The molecule has 0 radical (unpaired) electrons. The molecule has 1 saturated carbocycles. The van der Waals surface area contributed by atoms with Gasteiger partial charge in [-0.25, -0.2) is 0 Å². The van der Waals surface area contributed by atoms with Gasteiger partial charge in [0.2, 0.25) is 0 Å². The van der Waals surface area contributed by atoms with Crippen LogP contribution in [0.4, 0.5) is 0 Å². The number of rotatable bonds is 5. The summed E-state index contributed by atoms with van der Waals surface area (Å²) in [5.41, 5.74) is 2.06. The second-order valence-corrected chi connectivity index (χ2v) is 4.93. The van der Waals surface area contributed by atoms with Gasteiger partial charge in [0.1, 0.15) is 0 Å². The van der Waals surface area contributed by atoms with Crippen molar-refractivity contribution >= 4 is 0 Å². The van der Waals surface area contributed by atoms with E-state index in [-0.39, 0.29) is 0 Å². The summed E-state index contributed by atoms with van der Waals surface area (Å²) in [6.07, 6.45) is 4.23. The van der Waals surface area contributed by atoms with Gasteiger partial charge in [-0.3, -0.25) is 4.90 Å². The molecule has 0 saturated heterocycles. The molecule has 1 fully saturated rings. The highest BCUT2D eigenvalue weighted by atomic mass is 15.1. The van der Waals surface area contributed by atoms with Crippen molar-refractivity contribution in [1.82, 2.24) is 4.90 Å². The molecule has 0 unspecified atom stereocenters. The van der Waals surface area contributed by atoms with E-state index in [1.807, 2.05) is 12.1 Å². The number of benzene rings is 1. The van der Waals surface area contributed by atoms with Crippen molar-refractivity contribution in [2.45, 2.75) is 32.7 Å². The van der Waals surface area contributed by atoms with Crippen LogP contribution in [-0.2, 0) is 6.54 Å². The van der Waals surface area contributed by atoms with Crippen molar-refractivity contribution in [1.29, 1.82) is 5.26 Å². The summed E-state index contributed by atoms with van der Waals surface area (Å²) in [6.45, 7) is 5.58. The van der Waals surface area contributed by atoms with Gasteiger partial charge in [-0.1, -0.05) is 25.5 Å². The van der Waals surface area contributed by atoms with E-state index < -0.39 is 0 Å². The summed E-state index contributed by atoms with van der Waals surface area (Å²) in [4.78, 5) is 2.51. The first kappa shape index (κ1) is 12.1. The molecule has 0 N–H and O–H groups in total. The SMILES string of the molecule is CCN(Cc1ccc(C#N)cc1)CC1CCC1. The predicted molar refractivity (Wildman–Crippen MR) is 69.4 cm³/mol. The Balaban J connectivity index is 1.90. The lowest BCUT2D eigenvalue weighted by Gasteiger charge is -2.31. The fraction of sp³-hybridized carbons (Fsp3) is 0.533. The van der Waals surface area contributed by atoms with E-state index in [2.05, 4.69) is 30.0 Å². The minimum absolute atomic E-state index is 0.746. The molecule has 2 heteroatoms. The van der Waals surface area contributed by atoms with E-state index in [4.69, 9.17) is 5.26 Å². The number of nitrogens with zero attached hydrogens (tertiary/aromatic N) is 2. The van der Waals surface area contributed by atoms with Crippen LogP contribution in [0.15, 0.2) is 24.3 Å². The molecule has 0 aliphatic heterocycles. The molecule has 1 aromatic carbocycles. The molecule has 2 rings (SSSR count). The van der Waals surface area contributed by atoms with Gasteiger partial charge in [-0.05, 0) is 43.0 Å². The smallest absolute Gasteiger partial charge is 0.0991 e. The molecule has 0 bridgehead atoms. The quantitative estimate of drug-likeness (QED) is 0.774. The molecule has 1 aliphatic carbocycles. The van der Waals surface area contributed by atoms with Crippen LogP contribution in [-0.4, -0.2) is 18.0 Å². The van der Waals surface area contributed by atoms with Crippen LogP contribution in [0.2, 0.25) is 0 Å². The lowest BCUT2D eigenvalue weighted by Crippen LogP contribution is -2.32. The molecular formula is C15H20N2. The summed E-state index contributed by atoms with van der Waals surface area (Å²) >= 11 is 0. The monoisotopic (exact) mass is 228 g/mol. The second kappa shape index (κ2) is 5.84. The van der Waals surface area contributed by atoms with E-state index in [0.717, 1.165) is 24.6 Å². The van der Waals surface area contributed by atoms with Crippen LogP contribution in [0.3, 0.4) is 0 Å². The van der Waals surface area contributed by atoms with Crippen molar-refractivity contribution in [3.63, 3.8) is 0 Å². The van der Waals surface area contributed by atoms with Crippen molar-refractivity contribution in [3.8, 4) is 6.07 Å². The molecule has 0 spiro atoms.